The van der Waals surface area contributed by atoms with Crippen LogP contribution in [0.25, 0.3) is 11.4 Å². The highest BCUT2D eigenvalue weighted by Crippen LogP contribution is 2.42. The molecule has 5 nitrogen and oxygen atoms in total. The summed E-state index contributed by atoms with van der Waals surface area (Å²) in [4.78, 5) is 14.7. The summed E-state index contributed by atoms with van der Waals surface area (Å²) in [5.41, 5.74) is 0.946. The standard InChI is InChI=1S/C22H20F2N4OS2/c23-17-7-3-1-5-15(17)20-25-26-22(28(20)14-9-10-14)31-13-19(29)27-11-12-30-21(27)16-6-2-4-8-18(16)24/h1-8,14,21H,9-13H2/t21-/m1/s1. The first-order valence-electron chi connectivity index (χ1n) is 10.1. The summed E-state index contributed by atoms with van der Waals surface area (Å²) in [5, 5.41) is 8.79. The van der Waals surface area contributed by atoms with Crippen molar-refractivity contribution in [3.05, 3.63) is 65.7 Å². The molecule has 0 N–H and O–H groups in total. The molecule has 5 rings (SSSR count). The van der Waals surface area contributed by atoms with Crippen LogP contribution in [0, 0.1) is 11.6 Å². The molecule has 1 saturated carbocycles. The topological polar surface area (TPSA) is 51.0 Å². The SMILES string of the molecule is O=C(CSc1nnc(-c2ccccc2F)n1C1CC1)N1CCS[C@@H]1c1ccccc1F. The van der Waals surface area contributed by atoms with E-state index in [1.807, 2.05) is 4.57 Å². The van der Waals surface area contributed by atoms with E-state index in [0.717, 1.165) is 18.6 Å². The zero-order chi connectivity index (χ0) is 21.4. The minimum Gasteiger partial charge on any atom is -0.325 e. The molecule has 9 heteroatoms. The fourth-order valence-corrected chi connectivity index (χ4v) is 5.92. The molecule has 2 fully saturated rings. The number of rotatable bonds is 6. The van der Waals surface area contributed by atoms with E-state index < -0.39 is 0 Å². The first-order valence-corrected chi connectivity index (χ1v) is 12.1. The number of hydrogen-bond acceptors (Lipinski definition) is 5. The molecule has 1 aliphatic carbocycles. The van der Waals surface area contributed by atoms with Gasteiger partial charge in [0.05, 0.1) is 11.3 Å². The van der Waals surface area contributed by atoms with Crippen molar-refractivity contribution in [2.45, 2.75) is 29.4 Å². The molecule has 2 aromatic carbocycles. The Kier molecular flexibility index (Phi) is 5.71. The fourth-order valence-electron chi connectivity index (χ4n) is 3.73. The van der Waals surface area contributed by atoms with E-state index in [0.29, 0.717) is 28.7 Å². The van der Waals surface area contributed by atoms with Crippen molar-refractivity contribution >= 4 is 29.4 Å². The Morgan fingerprint density at radius 1 is 1.06 bits per heavy atom. The summed E-state index contributed by atoms with van der Waals surface area (Å²) in [7, 11) is 0. The Morgan fingerprint density at radius 3 is 2.55 bits per heavy atom. The highest BCUT2D eigenvalue weighted by atomic mass is 32.2. The number of thioether (sulfide) groups is 2. The van der Waals surface area contributed by atoms with Crippen molar-refractivity contribution in [3.8, 4) is 11.4 Å². The Bertz CT molecular complexity index is 1120. The lowest BCUT2D eigenvalue weighted by Crippen LogP contribution is -2.32. The number of carbonyl (C=O) groups is 1. The van der Waals surface area contributed by atoms with Crippen LogP contribution in [0.3, 0.4) is 0 Å². The quantitative estimate of drug-likeness (QED) is 0.491. The number of benzene rings is 2. The van der Waals surface area contributed by atoms with Gasteiger partial charge in [0, 0.05) is 23.9 Å². The number of hydrogen-bond donors (Lipinski definition) is 0. The Balaban J connectivity index is 1.34. The third-order valence-corrected chi connectivity index (χ3v) is 7.57. The average molecular weight is 459 g/mol. The van der Waals surface area contributed by atoms with Gasteiger partial charge in [-0.15, -0.1) is 22.0 Å². The van der Waals surface area contributed by atoms with Gasteiger partial charge < -0.3 is 4.90 Å². The molecule has 2 aliphatic rings. The Morgan fingerprint density at radius 2 is 1.81 bits per heavy atom. The number of aromatic nitrogens is 3. The van der Waals surface area contributed by atoms with Crippen LogP contribution in [0.2, 0.25) is 0 Å². The molecule has 1 amide bonds. The largest absolute Gasteiger partial charge is 0.325 e. The molecule has 0 bridgehead atoms. The molecule has 0 radical (unpaired) electrons. The maximum absolute atomic E-state index is 14.3. The lowest BCUT2D eigenvalue weighted by Gasteiger charge is -2.24. The predicted octanol–water partition coefficient (Wildman–Crippen LogP) is 4.92. The molecule has 1 aliphatic heterocycles. The van der Waals surface area contributed by atoms with Gasteiger partial charge in [0.15, 0.2) is 11.0 Å². The normalized spacial score (nSPS) is 18.5. The highest BCUT2D eigenvalue weighted by molar-refractivity contribution is 8.00. The van der Waals surface area contributed by atoms with E-state index in [9.17, 15) is 13.6 Å². The van der Waals surface area contributed by atoms with E-state index in [4.69, 9.17) is 0 Å². The molecule has 0 spiro atoms. The van der Waals surface area contributed by atoms with Gasteiger partial charge in [-0.1, -0.05) is 42.1 Å². The van der Waals surface area contributed by atoms with Gasteiger partial charge in [0.1, 0.15) is 17.0 Å². The van der Waals surface area contributed by atoms with E-state index in [1.54, 1.807) is 53.1 Å². The third kappa shape index (κ3) is 4.08. The highest BCUT2D eigenvalue weighted by Gasteiger charge is 2.34. The lowest BCUT2D eigenvalue weighted by atomic mass is 10.2. The van der Waals surface area contributed by atoms with Crippen LogP contribution >= 0.6 is 23.5 Å². The Hall–Kier alpha value is -2.39. The van der Waals surface area contributed by atoms with Gasteiger partial charge in [-0.25, -0.2) is 8.78 Å². The van der Waals surface area contributed by atoms with Crippen LogP contribution in [0.1, 0.15) is 29.8 Å². The van der Waals surface area contributed by atoms with Gasteiger partial charge in [-0.3, -0.25) is 9.36 Å². The predicted molar refractivity (Wildman–Crippen MR) is 118 cm³/mol. The maximum Gasteiger partial charge on any atom is 0.234 e. The van der Waals surface area contributed by atoms with Crippen molar-refractivity contribution in [1.29, 1.82) is 0 Å². The zero-order valence-corrected chi connectivity index (χ0v) is 18.2. The first-order chi connectivity index (χ1) is 15.1. The molecule has 1 aromatic heterocycles. The molecule has 2 heterocycles. The summed E-state index contributed by atoms with van der Waals surface area (Å²) >= 11 is 2.88. The molecule has 1 atom stereocenters. The van der Waals surface area contributed by atoms with Gasteiger partial charge >= 0.3 is 0 Å². The summed E-state index contributed by atoms with van der Waals surface area (Å²) in [6.45, 7) is 0.582. The van der Waals surface area contributed by atoms with Crippen molar-refractivity contribution in [2.75, 3.05) is 18.1 Å². The molecule has 0 unspecified atom stereocenters. The van der Waals surface area contributed by atoms with Gasteiger partial charge in [0.2, 0.25) is 5.91 Å². The summed E-state index contributed by atoms with van der Waals surface area (Å²) in [5.74, 6) is 0.734. The molecular weight excluding hydrogens is 438 g/mol. The maximum atomic E-state index is 14.3. The molecule has 31 heavy (non-hydrogen) atoms. The summed E-state index contributed by atoms with van der Waals surface area (Å²) in [6, 6.07) is 13.3. The van der Waals surface area contributed by atoms with Gasteiger partial charge in [0.25, 0.3) is 0 Å². The van der Waals surface area contributed by atoms with Crippen molar-refractivity contribution in [3.63, 3.8) is 0 Å². The second-order valence-corrected chi connectivity index (χ2v) is 9.64. The van der Waals surface area contributed by atoms with Crippen LogP contribution in [-0.2, 0) is 4.79 Å². The van der Waals surface area contributed by atoms with E-state index in [2.05, 4.69) is 10.2 Å². The number of amides is 1. The number of carbonyl (C=O) groups excluding carboxylic acids is 1. The Labute approximate surface area is 187 Å². The van der Waals surface area contributed by atoms with Gasteiger partial charge in [-0.05, 0) is 31.0 Å². The second-order valence-electron chi connectivity index (χ2n) is 7.51. The van der Waals surface area contributed by atoms with Crippen molar-refractivity contribution in [1.82, 2.24) is 19.7 Å². The van der Waals surface area contributed by atoms with Crippen LogP contribution in [0.5, 0.6) is 0 Å². The van der Waals surface area contributed by atoms with E-state index >= 15 is 0 Å². The smallest absolute Gasteiger partial charge is 0.234 e. The summed E-state index contributed by atoms with van der Waals surface area (Å²) in [6.07, 6.45) is 1.97. The molecular formula is C22H20F2N4OS2. The minimum absolute atomic E-state index is 0.0685. The molecule has 1 saturated heterocycles. The summed E-state index contributed by atoms with van der Waals surface area (Å²) < 4.78 is 30.5. The monoisotopic (exact) mass is 458 g/mol. The third-order valence-electron chi connectivity index (χ3n) is 5.40. The second kappa shape index (κ2) is 8.63. The zero-order valence-electron chi connectivity index (χ0n) is 16.6. The molecule has 3 aromatic rings. The van der Waals surface area contributed by atoms with Crippen LogP contribution in [-0.4, -0.2) is 43.6 Å². The fraction of sp³-hybridized carbons (Fsp3) is 0.318. The minimum atomic E-state index is -0.341. The van der Waals surface area contributed by atoms with Gasteiger partial charge in [-0.2, -0.15) is 0 Å². The van der Waals surface area contributed by atoms with E-state index in [1.165, 1.54) is 23.9 Å². The number of nitrogens with zero attached hydrogens (tertiary/aromatic N) is 4. The van der Waals surface area contributed by atoms with Crippen LogP contribution < -0.4 is 0 Å². The first kappa shape index (κ1) is 20.5. The van der Waals surface area contributed by atoms with Crippen LogP contribution in [0.15, 0.2) is 53.7 Å². The number of halogens is 2. The molecule has 160 valence electrons. The average Bonchev–Trinajstić information content (AvgIpc) is 3.33. The van der Waals surface area contributed by atoms with Crippen molar-refractivity contribution < 1.29 is 13.6 Å². The van der Waals surface area contributed by atoms with E-state index in [-0.39, 0.29) is 34.7 Å². The van der Waals surface area contributed by atoms with Crippen molar-refractivity contribution in [2.24, 2.45) is 0 Å². The lowest BCUT2D eigenvalue weighted by molar-refractivity contribution is -0.128. The van der Waals surface area contributed by atoms with Crippen LogP contribution in [0.4, 0.5) is 8.78 Å².